The van der Waals surface area contributed by atoms with E-state index in [9.17, 15) is 9.18 Å². The van der Waals surface area contributed by atoms with Gasteiger partial charge in [-0.15, -0.1) is 0 Å². The van der Waals surface area contributed by atoms with E-state index in [-0.39, 0.29) is 11.6 Å². The number of carbonyl (C=O) groups excluding carboxylic acids is 1. The Bertz CT molecular complexity index is 1370. The molecular weight excluding hydrogens is 637 g/mol. The minimum atomic E-state index is -0.560. The molecule has 10 heteroatoms. The summed E-state index contributed by atoms with van der Waals surface area (Å²) >= 11 is 5.92. The van der Waals surface area contributed by atoms with Gasteiger partial charge in [0.1, 0.15) is 11.5 Å². The maximum atomic E-state index is 14.4. The number of halogens is 2. The van der Waals surface area contributed by atoms with Gasteiger partial charge in [0.2, 0.25) is 5.95 Å². The molecule has 49 heavy (non-hydrogen) atoms. The van der Waals surface area contributed by atoms with E-state index in [1.165, 1.54) is 52.0 Å². The zero-order valence-corrected chi connectivity index (χ0v) is 31.9. The zero-order chi connectivity index (χ0) is 35.3. The van der Waals surface area contributed by atoms with Gasteiger partial charge in [-0.2, -0.15) is 4.39 Å². The van der Waals surface area contributed by atoms with Gasteiger partial charge in [0.15, 0.2) is 0 Å². The maximum Gasteiger partial charge on any atom is 0.269 e. The number of nitrogens with one attached hydrogen (secondary N) is 1. The third kappa shape index (κ3) is 9.44. The largest absolute Gasteiger partial charge is 0.365 e. The summed E-state index contributed by atoms with van der Waals surface area (Å²) in [5, 5.41) is 3.18. The molecule has 4 aliphatic rings. The predicted molar refractivity (Wildman–Crippen MR) is 200 cm³/mol. The Morgan fingerprint density at radius 1 is 0.837 bits per heavy atom. The first-order chi connectivity index (χ1) is 23.3. The summed E-state index contributed by atoms with van der Waals surface area (Å²) in [5.41, 5.74) is 1.51. The summed E-state index contributed by atoms with van der Waals surface area (Å²) in [6.07, 6.45) is 11.0. The van der Waals surface area contributed by atoms with E-state index < -0.39 is 5.95 Å². The number of aromatic nitrogens is 2. The van der Waals surface area contributed by atoms with E-state index >= 15 is 0 Å². The number of carbonyl (C=O) groups is 1. The average Bonchev–Trinajstić information content (AvgIpc) is 3.81. The first-order valence-electron chi connectivity index (χ1n) is 18.8. The van der Waals surface area contributed by atoms with Crippen molar-refractivity contribution in [2.24, 2.45) is 22.7 Å². The Kier molecular flexibility index (Phi) is 12.5. The molecule has 0 aromatic carbocycles. The first kappa shape index (κ1) is 37.8. The van der Waals surface area contributed by atoms with E-state index in [0.29, 0.717) is 27.6 Å². The van der Waals surface area contributed by atoms with E-state index in [1.807, 2.05) is 12.1 Å². The Hall–Kier alpha value is -2.49. The van der Waals surface area contributed by atoms with Gasteiger partial charge in [0.25, 0.3) is 5.91 Å². The number of rotatable bonds is 7. The van der Waals surface area contributed by atoms with Gasteiger partial charge < -0.3 is 15.1 Å². The minimum absolute atomic E-state index is 0.118. The molecule has 1 amide bonds. The highest BCUT2D eigenvalue weighted by Crippen LogP contribution is 2.44. The van der Waals surface area contributed by atoms with E-state index in [0.717, 1.165) is 76.1 Å². The van der Waals surface area contributed by atoms with Gasteiger partial charge in [-0.3, -0.25) is 14.6 Å². The van der Waals surface area contributed by atoms with E-state index in [4.69, 9.17) is 11.6 Å². The molecule has 0 bridgehead atoms. The van der Waals surface area contributed by atoms with Crippen LogP contribution in [0.5, 0.6) is 0 Å². The third-order valence-corrected chi connectivity index (χ3v) is 12.6. The third-order valence-electron chi connectivity index (χ3n) is 12.4. The van der Waals surface area contributed by atoms with Crippen molar-refractivity contribution in [3.05, 3.63) is 47.1 Å². The van der Waals surface area contributed by atoms with Crippen LogP contribution in [-0.2, 0) is 0 Å². The Morgan fingerprint density at radius 3 is 1.90 bits per heavy atom. The van der Waals surface area contributed by atoms with Crippen molar-refractivity contribution in [3.8, 4) is 0 Å². The molecule has 2 saturated carbocycles. The molecule has 272 valence electrons. The second kappa shape index (κ2) is 16.2. The fourth-order valence-electron chi connectivity index (χ4n) is 8.48. The van der Waals surface area contributed by atoms with Crippen LogP contribution >= 0.6 is 11.6 Å². The molecule has 1 N–H and O–H groups in total. The maximum absolute atomic E-state index is 14.4. The number of amides is 1. The Morgan fingerprint density at radius 2 is 1.41 bits per heavy atom. The van der Waals surface area contributed by atoms with Crippen LogP contribution in [0.4, 0.5) is 15.9 Å². The van der Waals surface area contributed by atoms with Crippen LogP contribution in [0.15, 0.2) is 30.5 Å². The molecule has 0 spiro atoms. The zero-order valence-electron chi connectivity index (χ0n) is 31.2. The second-order valence-electron chi connectivity index (χ2n) is 16.5. The van der Waals surface area contributed by atoms with Gasteiger partial charge in [0, 0.05) is 77.7 Å². The van der Waals surface area contributed by atoms with Crippen molar-refractivity contribution in [1.29, 1.82) is 0 Å². The highest BCUT2D eigenvalue weighted by molar-refractivity contribution is 6.30. The lowest BCUT2D eigenvalue weighted by Gasteiger charge is -2.39. The quantitative estimate of drug-likeness (QED) is 0.303. The van der Waals surface area contributed by atoms with Crippen molar-refractivity contribution in [3.63, 3.8) is 0 Å². The van der Waals surface area contributed by atoms with Crippen LogP contribution in [0.3, 0.4) is 0 Å². The molecule has 8 nitrogen and oxygen atoms in total. The summed E-state index contributed by atoms with van der Waals surface area (Å²) in [6.45, 7) is 22.3. The van der Waals surface area contributed by atoms with Crippen molar-refractivity contribution < 1.29 is 9.18 Å². The number of nitrogens with zero attached hydrogens (tertiary/aromatic N) is 6. The molecule has 2 saturated heterocycles. The van der Waals surface area contributed by atoms with Crippen LogP contribution in [-0.4, -0.2) is 97.2 Å². The number of hydrogen-bond donors (Lipinski definition) is 1. The normalized spacial score (nSPS) is 25.7. The monoisotopic (exact) mass is 697 g/mol. The molecule has 4 atom stereocenters. The summed E-state index contributed by atoms with van der Waals surface area (Å²) in [4.78, 5) is 29.6. The van der Waals surface area contributed by atoms with E-state index in [2.05, 4.69) is 76.4 Å². The number of piperazine rings is 2. The van der Waals surface area contributed by atoms with Gasteiger partial charge in [-0.05, 0) is 85.5 Å². The van der Waals surface area contributed by atoms with Crippen molar-refractivity contribution in [1.82, 2.24) is 25.1 Å². The van der Waals surface area contributed by atoms with Crippen LogP contribution in [0, 0.1) is 28.6 Å². The topological polar surface area (TPSA) is 67.8 Å². The Labute approximate surface area is 300 Å². The summed E-state index contributed by atoms with van der Waals surface area (Å²) in [6, 6.07) is 8.70. The van der Waals surface area contributed by atoms with Crippen molar-refractivity contribution in [2.75, 3.05) is 69.2 Å². The smallest absolute Gasteiger partial charge is 0.269 e. The van der Waals surface area contributed by atoms with Crippen molar-refractivity contribution >= 4 is 29.0 Å². The molecule has 6 rings (SSSR count). The molecular formula is C39H61ClFN7O. The fourth-order valence-corrected chi connectivity index (χ4v) is 8.59. The van der Waals surface area contributed by atoms with Crippen LogP contribution in [0.25, 0.3) is 0 Å². The molecule has 4 fully saturated rings. The lowest BCUT2D eigenvalue weighted by Crippen LogP contribution is -2.50. The predicted octanol–water partition coefficient (Wildman–Crippen LogP) is 7.38. The molecule has 2 aliphatic heterocycles. The molecule has 2 aromatic rings. The fraction of sp³-hybridized carbons (Fsp3) is 0.718. The molecule has 4 heterocycles. The standard InChI is InChI=1S/C21H33FN4O.C18H28ClN3/c1-5-21(2,3)15-6-7-16(14-15)25-10-12-26(13-11-25)18-9-8-17(20(27)23-4)24-19(18)22;1-18(2,3)14-4-6-16(12-14)21-8-10-22(11-9-21)17-7-5-15(19)13-20-17/h8-9,15-16H,5-7,10-14H2,1-4H3,(H,23,27);5,7,13-14,16H,4,6,8-12H2,1-3H3. The molecule has 4 unspecified atom stereocenters. The number of hydrogen-bond acceptors (Lipinski definition) is 7. The van der Waals surface area contributed by atoms with Crippen LogP contribution < -0.4 is 15.1 Å². The molecule has 2 aliphatic carbocycles. The number of pyridine rings is 2. The van der Waals surface area contributed by atoms with Crippen LogP contribution in [0.1, 0.15) is 97.0 Å². The summed E-state index contributed by atoms with van der Waals surface area (Å²) in [7, 11) is 1.52. The summed E-state index contributed by atoms with van der Waals surface area (Å²) < 4.78 is 14.4. The molecule has 0 radical (unpaired) electrons. The minimum Gasteiger partial charge on any atom is -0.365 e. The highest BCUT2D eigenvalue weighted by Gasteiger charge is 2.38. The van der Waals surface area contributed by atoms with Gasteiger partial charge >= 0.3 is 0 Å². The lowest BCUT2D eigenvalue weighted by molar-refractivity contribution is 0.0957. The van der Waals surface area contributed by atoms with E-state index in [1.54, 1.807) is 18.3 Å². The van der Waals surface area contributed by atoms with Gasteiger partial charge in [0.05, 0.1) is 10.7 Å². The Balaban J connectivity index is 0.000000195. The summed E-state index contributed by atoms with van der Waals surface area (Å²) in [5.74, 6) is 1.83. The van der Waals surface area contributed by atoms with Crippen molar-refractivity contribution in [2.45, 2.75) is 98.6 Å². The number of anilines is 2. The van der Waals surface area contributed by atoms with Gasteiger partial charge in [-0.1, -0.05) is 59.6 Å². The lowest BCUT2D eigenvalue weighted by atomic mass is 9.76. The first-order valence-corrected chi connectivity index (χ1v) is 19.1. The molecule has 2 aromatic heterocycles. The second-order valence-corrected chi connectivity index (χ2v) is 16.9. The van der Waals surface area contributed by atoms with Crippen LogP contribution in [0.2, 0.25) is 5.02 Å². The average molecular weight is 698 g/mol. The SMILES string of the molecule is CC(C)(C)C1CCC(N2CCN(c3ccc(Cl)cn3)CC2)C1.CCC(C)(C)C1CCC(N2CCN(c3ccc(C(=O)NC)nc3F)CC2)C1. The highest BCUT2D eigenvalue weighted by atomic mass is 35.5. The van der Waals surface area contributed by atoms with Gasteiger partial charge in [-0.25, -0.2) is 9.97 Å².